The van der Waals surface area contributed by atoms with Gasteiger partial charge in [0, 0.05) is 13.6 Å². The SMILES string of the molecule is Cc1ccc(C)c(CCN(C)C(=O)C(N)C(C)C)c1. The maximum atomic E-state index is 12.1. The largest absolute Gasteiger partial charge is 0.344 e. The predicted octanol–water partition coefficient (Wildman–Crippen LogP) is 2.29. The van der Waals surface area contributed by atoms with E-state index >= 15 is 0 Å². The second-order valence-electron chi connectivity index (χ2n) is 5.71. The number of likely N-dealkylation sites (N-methyl/N-ethyl adjacent to an activating group) is 1. The maximum Gasteiger partial charge on any atom is 0.239 e. The van der Waals surface area contributed by atoms with Gasteiger partial charge in [0.05, 0.1) is 6.04 Å². The van der Waals surface area contributed by atoms with Crippen molar-refractivity contribution in [2.24, 2.45) is 11.7 Å². The monoisotopic (exact) mass is 262 g/mol. The van der Waals surface area contributed by atoms with Gasteiger partial charge in [-0.15, -0.1) is 0 Å². The lowest BCUT2D eigenvalue weighted by Gasteiger charge is -2.23. The average Bonchev–Trinajstić information content (AvgIpc) is 2.37. The van der Waals surface area contributed by atoms with E-state index in [1.165, 1.54) is 16.7 Å². The molecule has 0 aliphatic heterocycles. The van der Waals surface area contributed by atoms with Gasteiger partial charge in [0.2, 0.25) is 5.91 Å². The van der Waals surface area contributed by atoms with Crippen molar-refractivity contribution in [3.8, 4) is 0 Å². The Bertz CT molecular complexity index is 440. The van der Waals surface area contributed by atoms with Crippen LogP contribution in [0.3, 0.4) is 0 Å². The van der Waals surface area contributed by atoms with Crippen LogP contribution in [0, 0.1) is 19.8 Å². The predicted molar refractivity (Wildman–Crippen MR) is 80.1 cm³/mol. The summed E-state index contributed by atoms with van der Waals surface area (Å²) in [7, 11) is 1.83. The zero-order valence-corrected chi connectivity index (χ0v) is 12.7. The number of rotatable bonds is 5. The van der Waals surface area contributed by atoms with Gasteiger partial charge < -0.3 is 10.6 Å². The molecule has 1 aromatic rings. The van der Waals surface area contributed by atoms with E-state index in [2.05, 4.69) is 32.0 Å². The van der Waals surface area contributed by atoms with Crippen molar-refractivity contribution in [2.45, 2.75) is 40.2 Å². The van der Waals surface area contributed by atoms with Crippen molar-refractivity contribution in [2.75, 3.05) is 13.6 Å². The fourth-order valence-electron chi connectivity index (χ4n) is 2.01. The van der Waals surface area contributed by atoms with E-state index in [9.17, 15) is 4.79 Å². The van der Waals surface area contributed by atoms with E-state index in [0.29, 0.717) is 6.54 Å². The highest BCUT2D eigenvalue weighted by molar-refractivity contribution is 5.81. The molecule has 3 heteroatoms. The number of amides is 1. The second kappa shape index (κ2) is 6.71. The van der Waals surface area contributed by atoms with E-state index in [-0.39, 0.29) is 11.8 Å². The van der Waals surface area contributed by atoms with Crippen LogP contribution < -0.4 is 5.73 Å². The smallest absolute Gasteiger partial charge is 0.239 e. The molecule has 0 heterocycles. The fraction of sp³-hybridized carbons (Fsp3) is 0.562. The van der Waals surface area contributed by atoms with Gasteiger partial charge in [0.1, 0.15) is 0 Å². The Kier molecular flexibility index (Phi) is 5.55. The summed E-state index contributed by atoms with van der Waals surface area (Å²) >= 11 is 0. The van der Waals surface area contributed by atoms with Crippen LogP contribution in [0.2, 0.25) is 0 Å². The molecule has 0 radical (unpaired) electrons. The summed E-state index contributed by atoms with van der Waals surface area (Å²) in [5.41, 5.74) is 9.73. The molecule has 106 valence electrons. The Labute approximate surface area is 116 Å². The van der Waals surface area contributed by atoms with Gasteiger partial charge in [-0.05, 0) is 37.3 Å². The first-order valence-electron chi connectivity index (χ1n) is 6.89. The molecule has 0 saturated carbocycles. The van der Waals surface area contributed by atoms with Gasteiger partial charge in [0.15, 0.2) is 0 Å². The molecule has 1 aromatic carbocycles. The lowest BCUT2D eigenvalue weighted by Crippen LogP contribution is -2.45. The summed E-state index contributed by atoms with van der Waals surface area (Å²) in [6.45, 7) is 8.86. The molecule has 1 unspecified atom stereocenters. The molecule has 3 nitrogen and oxygen atoms in total. The van der Waals surface area contributed by atoms with Crippen LogP contribution in [0.25, 0.3) is 0 Å². The number of benzene rings is 1. The standard InChI is InChI=1S/C16H26N2O/c1-11(2)15(17)16(19)18(5)9-8-14-10-12(3)6-7-13(14)4/h6-7,10-11,15H,8-9,17H2,1-5H3. The molecule has 1 rings (SSSR count). The quantitative estimate of drug-likeness (QED) is 0.885. The van der Waals surface area contributed by atoms with E-state index < -0.39 is 6.04 Å². The third-order valence-electron chi connectivity index (χ3n) is 3.60. The van der Waals surface area contributed by atoms with Gasteiger partial charge >= 0.3 is 0 Å². The number of nitrogens with zero attached hydrogens (tertiary/aromatic N) is 1. The summed E-state index contributed by atoms with van der Waals surface area (Å²) in [6, 6.07) is 6.04. The van der Waals surface area contributed by atoms with Gasteiger partial charge in [-0.1, -0.05) is 37.6 Å². The number of nitrogens with two attached hydrogens (primary N) is 1. The van der Waals surface area contributed by atoms with Crippen LogP contribution in [-0.2, 0) is 11.2 Å². The summed E-state index contributed by atoms with van der Waals surface area (Å²) in [6.07, 6.45) is 0.876. The van der Waals surface area contributed by atoms with Crippen molar-refractivity contribution in [3.63, 3.8) is 0 Å². The molecule has 0 aliphatic carbocycles. The molecule has 0 fully saturated rings. The zero-order chi connectivity index (χ0) is 14.6. The normalized spacial score (nSPS) is 12.6. The van der Waals surface area contributed by atoms with Crippen LogP contribution in [0.4, 0.5) is 0 Å². The van der Waals surface area contributed by atoms with E-state index in [1.54, 1.807) is 4.90 Å². The summed E-state index contributed by atoms with van der Waals surface area (Å²) in [5, 5.41) is 0. The Balaban J connectivity index is 2.61. The Hall–Kier alpha value is -1.35. The molecule has 2 N–H and O–H groups in total. The van der Waals surface area contributed by atoms with Crippen LogP contribution >= 0.6 is 0 Å². The van der Waals surface area contributed by atoms with Crippen LogP contribution in [0.5, 0.6) is 0 Å². The minimum atomic E-state index is -0.399. The minimum Gasteiger partial charge on any atom is -0.344 e. The van der Waals surface area contributed by atoms with Crippen molar-refractivity contribution in [1.82, 2.24) is 4.90 Å². The highest BCUT2D eigenvalue weighted by atomic mass is 16.2. The summed E-state index contributed by atoms with van der Waals surface area (Å²) < 4.78 is 0. The molecule has 0 aliphatic rings. The fourth-order valence-corrected chi connectivity index (χ4v) is 2.01. The maximum absolute atomic E-state index is 12.1. The van der Waals surface area contributed by atoms with Gasteiger partial charge in [0.25, 0.3) is 0 Å². The van der Waals surface area contributed by atoms with Gasteiger partial charge in [-0.3, -0.25) is 4.79 Å². The lowest BCUT2D eigenvalue weighted by atomic mass is 10.0. The van der Waals surface area contributed by atoms with Crippen LogP contribution in [0.15, 0.2) is 18.2 Å². The van der Waals surface area contributed by atoms with E-state index in [4.69, 9.17) is 5.73 Å². The molecule has 0 aromatic heterocycles. The Morgan fingerprint density at radius 3 is 2.53 bits per heavy atom. The summed E-state index contributed by atoms with van der Waals surface area (Å²) in [4.78, 5) is 13.8. The van der Waals surface area contributed by atoms with Crippen LogP contribution in [0.1, 0.15) is 30.5 Å². The van der Waals surface area contributed by atoms with Crippen molar-refractivity contribution >= 4 is 5.91 Å². The van der Waals surface area contributed by atoms with Crippen molar-refractivity contribution in [1.29, 1.82) is 0 Å². The van der Waals surface area contributed by atoms with Gasteiger partial charge in [-0.25, -0.2) is 0 Å². The first-order chi connectivity index (χ1) is 8.82. The van der Waals surface area contributed by atoms with Gasteiger partial charge in [-0.2, -0.15) is 0 Å². The van der Waals surface area contributed by atoms with Crippen molar-refractivity contribution < 1.29 is 4.79 Å². The van der Waals surface area contributed by atoms with E-state index in [0.717, 1.165) is 6.42 Å². The molecule has 1 amide bonds. The number of carbonyl (C=O) groups excluding carboxylic acids is 1. The third-order valence-corrected chi connectivity index (χ3v) is 3.60. The zero-order valence-electron chi connectivity index (χ0n) is 12.7. The number of hydrogen-bond donors (Lipinski definition) is 1. The highest BCUT2D eigenvalue weighted by Crippen LogP contribution is 2.12. The molecular weight excluding hydrogens is 236 g/mol. The number of hydrogen-bond acceptors (Lipinski definition) is 2. The molecule has 0 bridgehead atoms. The topological polar surface area (TPSA) is 46.3 Å². The van der Waals surface area contributed by atoms with E-state index in [1.807, 2.05) is 20.9 Å². The second-order valence-corrected chi connectivity index (χ2v) is 5.71. The number of aryl methyl sites for hydroxylation is 2. The molecule has 0 saturated heterocycles. The van der Waals surface area contributed by atoms with Crippen molar-refractivity contribution in [3.05, 3.63) is 34.9 Å². The molecule has 19 heavy (non-hydrogen) atoms. The first-order valence-corrected chi connectivity index (χ1v) is 6.89. The molecule has 1 atom stereocenters. The lowest BCUT2D eigenvalue weighted by molar-refractivity contribution is -0.132. The average molecular weight is 262 g/mol. The molecular formula is C16H26N2O. The Morgan fingerprint density at radius 1 is 1.32 bits per heavy atom. The first kappa shape index (κ1) is 15.7. The number of carbonyl (C=O) groups is 1. The highest BCUT2D eigenvalue weighted by Gasteiger charge is 2.20. The Morgan fingerprint density at radius 2 is 1.95 bits per heavy atom. The molecule has 0 spiro atoms. The third kappa shape index (κ3) is 4.35. The summed E-state index contributed by atoms with van der Waals surface area (Å²) in [5.74, 6) is 0.205. The minimum absolute atomic E-state index is 0.0281. The van der Waals surface area contributed by atoms with Crippen LogP contribution in [-0.4, -0.2) is 30.4 Å².